The molecule has 0 aromatic carbocycles. The summed E-state index contributed by atoms with van der Waals surface area (Å²) in [5.41, 5.74) is 1.98. The number of nitrogens with zero attached hydrogens (tertiary/aromatic N) is 2. The molecule has 15 heavy (non-hydrogen) atoms. The van der Waals surface area contributed by atoms with Gasteiger partial charge in [0, 0.05) is 25.2 Å². The van der Waals surface area contributed by atoms with Gasteiger partial charge in [-0.25, -0.2) is 10.5 Å². The fraction of sp³-hybridized carbons (Fsp3) is 0.556. The second-order valence-corrected chi connectivity index (χ2v) is 3.97. The average molecular weight is 228 g/mol. The molecule has 0 saturated heterocycles. The number of rotatable bonds is 5. The zero-order valence-corrected chi connectivity index (χ0v) is 9.55. The quantitative estimate of drug-likeness (QED) is 0.304. The zero-order chi connectivity index (χ0) is 10.9. The highest BCUT2D eigenvalue weighted by Gasteiger charge is 1.96. The number of unbranched alkanes of at least 4 members (excludes halogenated alkanes) is 1. The van der Waals surface area contributed by atoms with Crippen LogP contribution in [-0.2, 0) is 6.42 Å². The molecular weight excluding hydrogens is 212 g/mol. The van der Waals surface area contributed by atoms with Crippen LogP contribution in [0.15, 0.2) is 16.6 Å². The molecule has 0 fully saturated rings. The summed E-state index contributed by atoms with van der Waals surface area (Å²) in [5, 5.41) is 14.7. The van der Waals surface area contributed by atoms with Gasteiger partial charge >= 0.3 is 0 Å². The van der Waals surface area contributed by atoms with Crippen molar-refractivity contribution >= 4 is 17.3 Å². The molecule has 0 atom stereocenters. The molecule has 84 valence electrons. The molecule has 0 saturated carbocycles. The van der Waals surface area contributed by atoms with Crippen molar-refractivity contribution in [3.05, 3.63) is 16.6 Å². The summed E-state index contributed by atoms with van der Waals surface area (Å²) in [7, 11) is 1.61. The summed E-state index contributed by atoms with van der Waals surface area (Å²) >= 11 is 1.69. The van der Waals surface area contributed by atoms with Gasteiger partial charge in [-0.15, -0.1) is 11.3 Å². The Hall–Kier alpha value is -1.14. The monoisotopic (exact) mass is 228 g/mol. The van der Waals surface area contributed by atoms with E-state index in [4.69, 9.17) is 5.21 Å². The fourth-order valence-electron chi connectivity index (χ4n) is 1.15. The Morgan fingerprint density at radius 2 is 2.47 bits per heavy atom. The number of aromatic nitrogens is 1. The number of aliphatic imine (C=N–C) groups is 1. The van der Waals surface area contributed by atoms with Gasteiger partial charge in [-0.3, -0.25) is 10.2 Å². The highest BCUT2D eigenvalue weighted by molar-refractivity contribution is 7.09. The van der Waals surface area contributed by atoms with Gasteiger partial charge in [0.15, 0.2) is 0 Å². The van der Waals surface area contributed by atoms with E-state index in [2.05, 4.69) is 15.3 Å². The van der Waals surface area contributed by atoms with Gasteiger partial charge in [0.05, 0.1) is 5.01 Å². The Labute approximate surface area is 93.2 Å². The summed E-state index contributed by atoms with van der Waals surface area (Å²) in [6.07, 6.45) is 4.96. The largest absolute Gasteiger partial charge is 0.355 e. The maximum absolute atomic E-state index is 8.58. The number of guanidine groups is 1. The molecule has 5 nitrogen and oxygen atoms in total. The van der Waals surface area contributed by atoms with E-state index in [-0.39, 0.29) is 0 Å². The summed E-state index contributed by atoms with van der Waals surface area (Å²) < 4.78 is 0. The van der Waals surface area contributed by atoms with Crippen molar-refractivity contribution < 1.29 is 5.21 Å². The molecule has 0 amide bonds. The molecule has 1 aromatic rings. The van der Waals surface area contributed by atoms with Crippen molar-refractivity contribution in [2.24, 2.45) is 4.99 Å². The first kappa shape index (κ1) is 11.9. The SMILES string of the molecule is CN=C(NO)NCCCCc1nccs1. The molecule has 0 radical (unpaired) electrons. The van der Waals surface area contributed by atoms with Gasteiger partial charge in [-0.1, -0.05) is 0 Å². The van der Waals surface area contributed by atoms with Crippen LogP contribution < -0.4 is 10.8 Å². The Morgan fingerprint density at radius 3 is 3.07 bits per heavy atom. The van der Waals surface area contributed by atoms with E-state index in [0.717, 1.165) is 25.8 Å². The van der Waals surface area contributed by atoms with Crippen LogP contribution in [0.3, 0.4) is 0 Å². The van der Waals surface area contributed by atoms with E-state index in [1.54, 1.807) is 18.4 Å². The lowest BCUT2D eigenvalue weighted by atomic mass is 10.2. The lowest BCUT2D eigenvalue weighted by Gasteiger charge is -2.06. The van der Waals surface area contributed by atoms with E-state index in [1.807, 2.05) is 17.1 Å². The van der Waals surface area contributed by atoms with E-state index < -0.39 is 0 Å². The topological polar surface area (TPSA) is 69.5 Å². The van der Waals surface area contributed by atoms with Crippen LogP contribution in [0.1, 0.15) is 17.8 Å². The maximum Gasteiger partial charge on any atom is 0.215 e. The van der Waals surface area contributed by atoms with Crippen LogP contribution in [0.25, 0.3) is 0 Å². The van der Waals surface area contributed by atoms with Gasteiger partial charge in [0.1, 0.15) is 0 Å². The predicted octanol–water partition coefficient (Wildman–Crippen LogP) is 1.02. The van der Waals surface area contributed by atoms with E-state index in [9.17, 15) is 0 Å². The normalized spacial score (nSPS) is 11.5. The fourth-order valence-corrected chi connectivity index (χ4v) is 1.82. The van der Waals surface area contributed by atoms with Gasteiger partial charge in [-0.2, -0.15) is 0 Å². The van der Waals surface area contributed by atoms with E-state index >= 15 is 0 Å². The van der Waals surface area contributed by atoms with Crippen LogP contribution >= 0.6 is 11.3 Å². The van der Waals surface area contributed by atoms with Crippen molar-refractivity contribution in [2.45, 2.75) is 19.3 Å². The number of aryl methyl sites for hydroxylation is 1. The molecule has 0 unspecified atom stereocenters. The van der Waals surface area contributed by atoms with Gasteiger partial charge in [-0.05, 0) is 19.3 Å². The Morgan fingerprint density at radius 1 is 1.60 bits per heavy atom. The lowest BCUT2D eigenvalue weighted by molar-refractivity contribution is 0.229. The third-order valence-corrected chi connectivity index (χ3v) is 2.76. The second-order valence-electron chi connectivity index (χ2n) is 2.99. The van der Waals surface area contributed by atoms with Crippen molar-refractivity contribution in [2.75, 3.05) is 13.6 Å². The number of nitrogens with one attached hydrogen (secondary N) is 2. The molecule has 1 aromatic heterocycles. The smallest absolute Gasteiger partial charge is 0.215 e. The summed E-state index contributed by atoms with van der Waals surface area (Å²) in [4.78, 5) is 7.99. The molecule has 0 aliphatic heterocycles. The van der Waals surface area contributed by atoms with Crippen LogP contribution in [0.5, 0.6) is 0 Å². The number of thiazole rings is 1. The van der Waals surface area contributed by atoms with Gasteiger partial charge < -0.3 is 5.32 Å². The lowest BCUT2D eigenvalue weighted by Crippen LogP contribution is -2.35. The van der Waals surface area contributed by atoms with Crippen LogP contribution in [0.2, 0.25) is 0 Å². The highest BCUT2D eigenvalue weighted by atomic mass is 32.1. The molecule has 0 spiro atoms. The average Bonchev–Trinajstić information content (AvgIpc) is 2.76. The second kappa shape index (κ2) is 7.19. The minimum atomic E-state index is 0.407. The predicted molar refractivity (Wildman–Crippen MR) is 61.3 cm³/mol. The number of hydroxylamine groups is 1. The summed E-state index contributed by atoms with van der Waals surface area (Å²) in [5.74, 6) is 0.407. The first-order valence-corrected chi connectivity index (χ1v) is 5.74. The molecule has 1 heterocycles. The van der Waals surface area contributed by atoms with Crippen molar-refractivity contribution in [1.29, 1.82) is 0 Å². The number of hydrogen-bond donors (Lipinski definition) is 3. The van der Waals surface area contributed by atoms with Crippen molar-refractivity contribution in [1.82, 2.24) is 15.8 Å². The standard InChI is InChI=1S/C9H16N4OS/c1-10-9(13-14)12-5-3-2-4-8-11-6-7-15-8/h6-7,14H,2-5H2,1H3,(H2,10,12,13). The first-order chi connectivity index (χ1) is 7.36. The minimum Gasteiger partial charge on any atom is -0.355 e. The zero-order valence-electron chi connectivity index (χ0n) is 8.73. The Kier molecular flexibility index (Phi) is 5.72. The molecule has 3 N–H and O–H groups in total. The Balaban J connectivity index is 2.02. The third kappa shape index (κ3) is 4.75. The molecule has 0 aliphatic rings. The van der Waals surface area contributed by atoms with Gasteiger partial charge in [0.25, 0.3) is 0 Å². The summed E-state index contributed by atoms with van der Waals surface area (Å²) in [6.45, 7) is 0.797. The van der Waals surface area contributed by atoms with Gasteiger partial charge in [0.2, 0.25) is 5.96 Å². The van der Waals surface area contributed by atoms with E-state index in [1.165, 1.54) is 5.01 Å². The van der Waals surface area contributed by atoms with Crippen molar-refractivity contribution in [3.8, 4) is 0 Å². The molecule has 1 rings (SSSR count). The van der Waals surface area contributed by atoms with Crippen LogP contribution in [0.4, 0.5) is 0 Å². The molecular formula is C9H16N4OS. The molecule has 0 bridgehead atoms. The van der Waals surface area contributed by atoms with Crippen molar-refractivity contribution in [3.63, 3.8) is 0 Å². The van der Waals surface area contributed by atoms with E-state index in [0.29, 0.717) is 5.96 Å². The highest BCUT2D eigenvalue weighted by Crippen LogP contribution is 2.07. The molecule has 0 aliphatic carbocycles. The van der Waals surface area contributed by atoms with Crippen LogP contribution in [-0.4, -0.2) is 29.7 Å². The van der Waals surface area contributed by atoms with Crippen LogP contribution in [0, 0.1) is 0 Å². The number of hydrogen-bond acceptors (Lipinski definition) is 4. The summed E-state index contributed by atoms with van der Waals surface area (Å²) in [6, 6.07) is 0. The maximum atomic E-state index is 8.58. The molecule has 6 heteroatoms. The Bertz CT molecular complexity index is 286. The first-order valence-electron chi connectivity index (χ1n) is 4.86. The minimum absolute atomic E-state index is 0.407. The third-order valence-electron chi connectivity index (χ3n) is 1.92.